The van der Waals surface area contributed by atoms with Gasteiger partial charge in [-0.25, -0.2) is 0 Å². The summed E-state index contributed by atoms with van der Waals surface area (Å²) in [6.07, 6.45) is 1.84. The SMILES string of the molecule is Cc1cc(NC(=O)CC(=O)NC2CC2)no1. The monoisotopic (exact) mass is 223 g/mol. The summed E-state index contributed by atoms with van der Waals surface area (Å²) in [6, 6.07) is 1.87. The Bertz CT molecular complexity index is 409. The lowest BCUT2D eigenvalue weighted by atomic mass is 10.3. The van der Waals surface area contributed by atoms with Gasteiger partial charge in [-0.2, -0.15) is 0 Å². The van der Waals surface area contributed by atoms with Crippen LogP contribution in [0.5, 0.6) is 0 Å². The first-order chi connectivity index (χ1) is 7.63. The van der Waals surface area contributed by atoms with Crippen LogP contribution in [-0.2, 0) is 9.59 Å². The first-order valence-electron chi connectivity index (χ1n) is 5.16. The summed E-state index contributed by atoms with van der Waals surface area (Å²) in [5.74, 6) is 0.311. The third-order valence-corrected chi connectivity index (χ3v) is 2.16. The van der Waals surface area contributed by atoms with Crippen LogP contribution >= 0.6 is 0 Å². The first kappa shape index (κ1) is 10.7. The van der Waals surface area contributed by atoms with Crippen molar-refractivity contribution in [1.82, 2.24) is 10.5 Å². The van der Waals surface area contributed by atoms with E-state index in [4.69, 9.17) is 4.52 Å². The van der Waals surface area contributed by atoms with Crippen LogP contribution in [0, 0.1) is 6.92 Å². The van der Waals surface area contributed by atoms with Crippen LogP contribution in [0.25, 0.3) is 0 Å². The number of hydrogen-bond donors (Lipinski definition) is 2. The fourth-order valence-electron chi connectivity index (χ4n) is 1.26. The normalized spacial score (nSPS) is 14.6. The fraction of sp³-hybridized carbons (Fsp3) is 0.500. The molecule has 1 saturated carbocycles. The van der Waals surface area contributed by atoms with Crippen LogP contribution in [0.15, 0.2) is 10.6 Å². The predicted molar refractivity (Wildman–Crippen MR) is 55.7 cm³/mol. The molecule has 0 atom stereocenters. The molecule has 6 nitrogen and oxygen atoms in total. The molecule has 16 heavy (non-hydrogen) atoms. The third kappa shape index (κ3) is 3.08. The highest BCUT2D eigenvalue weighted by Gasteiger charge is 2.24. The third-order valence-electron chi connectivity index (χ3n) is 2.16. The van der Waals surface area contributed by atoms with Gasteiger partial charge in [0.2, 0.25) is 11.8 Å². The minimum Gasteiger partial charge on any atom is -0.360 e. The molecule has 0 saturated heterocycles. The molecule has 1 aliphatic rings. The van der Waals surface area contributed by atoms with Gasteiger partial charge in [-0.3, -0.25) is 9.59 Å². The highest BCUT2D eigenvalue weighted by atomic mass is 16.5. The van der Waals surface area contributed by atoms with Gasteiger partial charge in [-0.15, -0.1) is 0 Å². The van der Waals surface area contributed by atoms with Crippen molar-refractivity contribution >= 4 is 17.6 Å². The minimum absolute atomic E-state index is 0.178. The highest BCUT2D eigenvalue weighted by molar-refractivity contribution is 6.03. The Morgan fingerprint density at radius 2 is 2.25 bits per heavy atom. The van der Waals surface area contributed by atoms with E-state index in [-0.39, 0.29) is 24.3 Å². The molecular weight excluding hydrogens is 210 g/mol. The number of aryl methyl sites for hydroxylation is 1. The Labute approximate surface area is 92.4 Å². The number of carbonyl (C=O) groups is 2. The lowest BCUT2D eigenvalue weighted by Gasteiger charge is -2.02. The molecule has 1 aromatic heterocycles. The standard InChI is InChI=1S/C10H13N3O3/c1-6-4-8(13-16-6)12-10(15)5-9(14)11-7-2-3-7/h4,7H,2-3,5H2,1H3,(H,11,14)(H,12,13,15). The number of anilines is 1. The number of carbonyl (C=O) groups excluding carboxylic acids is 2. The average Bonchev–Trinajstić information content (AvgIpc) is 2.89. The van der Waals surface area contributed by atoms with Gasteiger partial charge in [0.15, 0.2) is 5.82 Å². The van der Waals surface area contributed by atoms with Gasteiger partial charge in [0.25, 0.3) is 0 Å². The van der Waals surface area contributed by atoms with Crippen LogP contribution in [0.1, 0.15) is 25.0 Å². The maximum absolute atomic E-state index is 11.4. The summed E-state index contributed by atoms with van der Waals surface area (Å²) in [5.41, 5.74) is 0. The lowest BCUT2D eigenvalue weighted by molar-refractivity contribution is -0.126. The van der Waals surface area contributed by atoms with E-state index in [2.05, 4.69) is 15.8 Å². The number of rotatable bonds is 4. The molecule has 0 bridgehead atoms. The van der Waals surface area contributed by atoms with Crippen molar-refractivity contribution < 1.29 is 14.1 Å². The van der Waals surface area contributed by atoms with E-state index >= 15 is 0 Å². The second-order valence-electron chi connectivity index (χ2n) is 3.89. The molecular formula is C10H13N3O3. The molecule has 1 fully saturated rings. The van der Waals surface area contributed by atoms with Crippen LogP contribution in [0.3, 0.4) is 0 Å². The highest BCUT2D eigenvalue weighted by Crippen LogP contribution is 2.18. The smallest absolute Gasteiger partial charge is 0.235 e. The van der Waals surface area contributed by atoms with Gasteiger partial charge in [-0.05, 0) is 19.8 Å². The van der Waals surface area contributed by atoms with Crippen LogP contribution in [0.4, 0.5) is 5.82 Å². The molecule has 0 spiro atoms. The molecule has 2 N–H and O–H groups in total. The van der Waals surface area contributed by atoms with E-state index < -0.39 is 0 Å². The molecule has 1 aliphatic carbocycles. The van der Waals surface area contributed by atoms with Gasteiger partial charge < -0.3 is 15.2 Å². The number of hydrogen-bond acceptors (Lipinski definition) is 4. The second-order valence-corrected chi connectivity index (χ2v) is 3.89. The van der Waals surface area contributed by atoms with E-state index in [1.165, 1.54) is 0 Å². The van der Waals surface area contributed by atoms with E-state index in [1.807, 2.05) is 0 Å². The zero-order valence-corrected chi connectivity index (χ0v) is 8.95. The summed E-state index contributed by atoms with van der Waals surface area (Å²) in [7, 11) is 0. The molecule has 0 unspecified atom stereocenters. The van der Waals surface area contributed by atoms with Gasteiger partial charge in [0.1, 0.15) is 12.2 Å². The quantitative estimate of drug-likeness (QED) is 0.732. The number of amides is 2. The Balaban J connectivity index is 1.76. The van der Waals surface area contributed by atoms with Crippen LogP contribution in [-0.4, -0.2) is 23.0 Å². The minimum atomic E-state index is -0.383. The Kier molecular flexibility index (Phi) is 2.89. The molecule has 1 aromatic rings. The van der Waals surface area contributed by atoms with Crippen molar-refractivity contribution in [2.75, 3.05) is 5.32 Å². The van der Waals surface area contributed by atoms with E-state index in [0.717, 1.165) is 12.8 Å². The van der Waals surface area contributed by atoms with Gasteiger partial charge in [0, 0.05) is 12.1 Å². The summed E-state index contributed by atoms with van der Waals surface area (Å²) < 4.78 is 4.78. The van der Waals surface area contributed by atoms with Crippen molar-refractivity contribution in [3.8, 4) is 0 Å². The van der Waals surface area contributed by atoms with E-state index in [1.54, 1.807) is 13.0 Å². The summed E-state index contributed by atoms with van der Waals surface area (Å²) >= 11 is 0. The zero-order chi connectivity index (χ0) is 11.5. The van der Waals surface area contributed by atoms with Crippen molar-refractivity contribution in [3.05, 3.63) is 11.8 Å². The molecule has 0 aromatic carbocycles. The largest absolute Gasteiger partial charge is 0.360 e. The Morgan fingerprint density at radius 1 is 1.50 bits per heavy atom. The second kappa shape index (κ2) is 4.34. The average molecular weight is 223 g/mol. The summed E-state index contributed by atoms with van der Waals surface area (Å²) in [4.78, 5) is 22.7. The zero-order valence-electron chi connectivity index (χ0n) is 8.95. The van der Waals surface area contributed by atoms with Crippen molar-refractivity contribution in [1.29, 1.82) is 0 Å². The van der Waals surface area contributed by atoms with Gasteiger partial charge >= 0.3 is 0 Å². The van der Waals surface area contributed by atoms with E-state index in [0.29, 0.717) is 11.6 Å². The van der Waals surface area contributed by atoms with Crippen molar-refractivity contribution in [2.24, 2.45) is 0 Å². The molecule has 1 heterocycles. The molecule has 0 aliphatic heterocycles. The lowest BCUT2D eigenvalue weighted by Crippen LogP contribution is -2.29. The molecule has 0 radical (unpaired) electrons. The first-order valence-corrected chi connectivity index (χ1v) is 5.16. The van der Waals surface area contributed by atoms with Crippen molar-refractivity contribution in [2.45, 2.75) is 32.2 Å². The van der Waals surface area contributed by atoms with Crippen LogP contribution < -0.4 is 10.6 Å². The fourth-order valence-corrected chi connectivity index (χ4v) is 1.26. The Hall–Kier alpha value is -1.85. The summed E-state index contributed by atoms with van der Waals surface area (Å²) in [6.45, 7) is 1.72. The number of aromatic nitrogens is 1. The molecule has 86 valence electrons. The van der Waals surface area contributed by atoms with Crippen molar-refractivity contribution in [3.63, 3.8) is 0 Å². The molecule has 2 rings (SSSR count). The molecule has 2 amide bonds. The van der Waals surface area contributed by atoms with Gasteiger partial charge in [0.05, 0.1) is 0 Å². The predicted octanol–water partition coefficient (Wildman–Crippen LogP) is 0.590. The molecule has 6 heteroatoms. The van der Waals surface area contributed by atoms with E-state index in [9.17, 15) is 9.59 Å². The topological polar surface area (TPSA) is 84.2 Å². The number of nitrogens with zero attached hydrogens (tertiary/aromatic N) is 1. The number of nitrogens with one attached hydrogen (secondary N) is 2. The maximum Gasteiger partial charge on any atom is 0.235 e. The Morgan fingerprint density at radius 3 is 2.81 bits per heavy atom. The summed E-state index contributed by atoms with van der Waals surface area (Å²) in [5, 5.41) is 8.81. The van der Waals surface area contributed by atoms with Gasteiger partial charge in [-0.1, -0.05) is 5.16 Å². The maximum atomic E-state index is 11.4. The van der Waals surface area contributed by atoms with Crippen LogP contribution in [0.2, 0.25) is 0 Å².